The number of carbonyl (C=O) groups excluding carboxylic acids is 2. The lowest BCUT2D eigenvalue weighted by Crippen LogP contribution is -2.63. The lowest BCUT2D eigenvalue weighted by molar-refractivity contribution is -0.126. The zero-order valence-electron chi connectivity index (χ0n) is 18.9. The second kappa shape index (κ2) is 8.50. The van der Waals surface area contributed by atoms with Crippen LogP contribution in [-0.2, 0) is 17.8 Å². The topological polar surface area (TPSA) is 58.6 Å². The van der Waals surface area contributed by atoms with Crippen molar-refractivity contribution < 1.29 is 14.3 Å². The summed E-state index contributed by atoms with van der Waals surface area (Å²) >= 11 is 0. The number of ether oxygens (including phenoxy) is 1. The molecule has 1 aliphatic rings. The number of benzene rings is 3. The first-order valence-corrected chi connectivity index (χ1v) is 10.7. The summed E-state index contributed by atoms with van der Waals surface area (Å²) in [5, 5.41) is 3.05. The van der Waals surface area contributed by atoms with Gasteiger partial charge in [0.1, 0.15) is 11.3 Å². The second-order valence-electron chi connectivity index (χ2n) is 8.59. The van der Waals surface area contributed by atoms with Crippen LogP contribution in [0.5, 0.6) is 5.75 Å². The predicted molar refractivity (Wildman–Crippen MR) is 126 cm³/mol. The van der Waals surface area contributed by atoms with E-state index in [4.69, 9.17) is 4.74 Å². The van der Waals surface area contributed by atoms with E-state index < -0.39 is 5.54 Å². The summed E-state index contributed by atoms with van der Waals surface area (Å²) in [6.07, 6.45) is 0.430. The average Bonchev–Trinajstić information content (AvgIpc) is 2.77. The third-order valence-electron chi connectivity index (χ3n) is 6.06. The fraction of sp³-hybridized carbons (Fsp3) is 0.259. The first-order valence-electron chi connectivity index (χ1n) is 10.7. The van der Waals surface area contributed by atoms with Gasteiger partial charge in [-0.15, -0.1) is 0 Å². The molecule has 3 aromatic rings. The largest absolute Gasteiger partial charge is 0.496 e. The molecule has 0 radical (unpaired) electrons. The molecule has 3 aromatic carbocycles. The molecule has 0 fully saturated rings. The number of methoxy groups -OCH3 is 1. The van der Waals surface area contributed by atoms with Crippen LogP contribution >= 0.6 is 0 Å². The van der Waals surface area contributed by atoms with Crippen LogP contribution in [-0.4, -0.2) is 24.5 Å². The van der Waals surface area contributed by atoms with Gasteiger partial charge in [0.05, 0.1) is 7.11 Å². The maximum atomic E-state index is 13.7. The molecule has 1 aliphatic heterocycles. The molecule has 1 N–H and O–H groups in total. The molecule has 0 bridgehead atoms. The van der Waals surface area contributed by atoms with E-state index in [1.807, 2.05) is 81.4 Å². The number of hydrogen-bond donors (Lipinski definition) is 1. The number of fused-ring (bicyclic) bond motifs is 1. The maximum Gasteiger partial charge on any atom is 0.259 e. The van der Waals surface area contributed by atoms with E-state index in [1.165, 1.54) is 0 Å². The van der Waals surface area contributed by atoms with Gasteiger partial charge >= 0.3 is 0 Å². The van der Waals surface area contributed by atoms with E-state index in [2.05, 4.69) is 11.4 Å². The number of rotatable bonds is 5. The van der Waals surface area contributed by atoms with Crippen molar-refractivity contribution in [1.29, 1.82) is 0 Å². The van der Waals surface area contributed by atoms with Crippen molar-refractivity contribution in [1.82, 2.24) is 5.32 Å². The van der Waals surface area contributed by atoms with Crippen molar-refractivity contribution in [3.63, 3.8) is 0 Å². The van der Waals surface area contributed by atoms with E-state index in [-0.39, 0.29) is 11.8 Å². The molecule has 1 heterocycles. The Morgan fingerprint density at radius 3 is 2.41 bits per heavy atom. The molecular weight excluding hydrogens is 400 g/mol. The molecular formula is C27H28N2O3. The van der Waals surface area contributed by atoms with Gasteiger partial charge in [0.15, 0.2) is 0 Å². The number of aryl methyl sites for hydroxylation is 2. The molecule has 1 atom stereocenters. The Morgan fingerprint density at radius 1 is 1.03 bits per heavy atom. The minimum Gasteiger partial charge on any atom is -0.496 e. The lowest BCUT2D eigenvalue weighted by atomic mass is 9.82. The van der Waals surface area contributed by atoms with Crippen molar-refractivity contribution in [3.8, 4) is 5.75 Å². The minimum atomic E-state index is -1.08. The van der Waals surface area contributed by atoms with Gasteiger partial charge in [-0.1, -0.05) is 42.5 Å². The van der Waals surface area contributed by atoms with Crippen LogP contribution < -0.4 is 15.0 Å². The summed E-state index contributed by atoms with van der Waals surface area (Å²) < 4.78 is 5.41. The van der Waals surface area contributed by atoms with Crippen molar-refractivity contribution in [2.45, 2.75) is 39.3 Å². The molecule has 0 saturated carbocycles. The maximum absolute atomic E-state index is 13.7. The monoisotopic (exact) mass is 428 g/mol. The van der Waals surface area contributed by atoms with Crippen LogP contribution in [0.1, 0.15) is 39.5 Å². The summed E-state index contributed by atoms with van der Waals surface area (Å²) in [6.45, 7) is 6.15. The zero-order valence-corrected chi connectivity index (χ0v) is 18.9. The van der Waals surface area contributed by atoms with E-state index in [1.54, 1.807) is 12.0 Å². The molecule has 0 saturated heterocycles. The quantitative estimate of drug-likeness (QED) is 0.647. The number of para-hydroxylation sites is 1. The highest BCUT2D eigenvalue weighted by Gasteiger charge is 2.47. The third-order valence-corrected chi connectivity index (χ3v) is 6.06. The van der Waals surface area contributed by atoms with Gasteiger partial charge < -0.3 is 10.1 Å². The summed E-state index contributed by atoms with van der Waals surface area (Å²) in [4.78, 5) is 29.0. The molecule has 1 unspecified atom stereocenters. The van der Waals surface area contributed by atoms with E-state index in [9.17, 15) is 9.59 Å². The number of anilines is 1. The first kappa shape index (κ1) is 21.6. The van der Waals surface area contributed by atoms with Crippen LogP contribution in [0.25, 0.3) is 0 Å². The van der Waals surface area contributed by atoms with E-state index in [0.29, 0.717) is 24.3 Å². The molecule has 164 valence electrons. The van der Waals surface area contributed by atoms with Crippen LogP contribution in [0.2, 0.25) is 0 Å². The summed E-state index contributed by atoms with van der Waals surface area (Å²) in [6, 6.07) is 21.1. The average molecular weight is 429 g/mol. The minimum absolute atomic E-state index is 0.160. The Balaban J connectivity index is 1.74. The van der Waals surface area contributed by atoms with Crippen molar-refractivity contribution in [2.24, 2.45) is 0 Å². The number of amides is 2. The van der Waals surface area contributed by atoms with Gasteiger partial charge in [0.25, 0.3) is 5.91 Å². The van der Waals surface area contributed by atoms with Gasteiger partial charge in [-0.25, -0.2) is 0 Å². The molecule has 32 heavy (non-hydrogen) atoms. The second-order valence-corrected chi connectivity index (χ2v) is 8.59. The van der Waals surface area contributed by atoms with Gasteiger partial charge in [-0.05, 0) is 61.7 Å². The Morgan fingerprint density at radius 2 is 1.69 bits per heavy atom. The highest BCUT2D eigenvalue weighted by molar-refractivity contribution is 6.14. The standard InChI is InChI=1S/C27H28N2O3/c1-18-13-19(2)15-22(14-18)29-25(30)23-11-7-5-9-20(23)16-27(29,3)26(31)28-17-21-10-6-8-12-24(21)32-4/h5-15H,16-17H2,1-4H3,(H,28,31). The fourth-order valence-corrected chi connectivity index (χ4v) is 4.56. The van der Waals surface area contributed by atoms with Gasteiger partial charge in [0, 0.05) is 29.8 Å². The summed E-state index contributed by atoms with van der Waals surface area (Å²) in [7, 11) is 1.61. The SMILES string of the molecule is COc1ccccc1CNC(=O)C1(C)Cc2ccccc2C(=O)N1c1cc(C)cc(C)c1. The van der Waals surface area contributed by atoms with E-state index >= 15 is 0 Å². The number of carbonyl (C=O) groups is 2. The summed E-state index contributed by atoms with van der Waals surface area (Å²) in [5.74, 6) is 0.353. The van der Waals surface area contributed by atoms with Gasteiger partial charge in [-0.3, -0.25) is 14.5 Å². The molecule has 2 amide bonds. The number of hydrogen-bond acceptors (Lipinski definition) is 3. The van der Waals surface area contributed by atoms with Crippen LogP contribution in [0.15, 0.2) is 66.7 Å². The third kappa shape index (κ3) is 3.86. The van der Waals surface area contributed by atoms with Crippen molar-refractivity contribution in [2.75, 3.05) is 12.0 Å². The normalized spacial score (nSPS) is 17.6. The van der Waals surface area contributed by atoms with Gasteiger partial charge in [0.2, 0.25) is 5.91 Å². The molecule has 5 nitrogen and oxygen atoms in total. The molecule has 5 heteroatoms. The summed E-state index contributed by atoms with van der Waals surface area (Å²) in [5.41, 5.74) is 4.15. The molecule has 0 spiro atoms. The Bertz CT molecular complexity index is 1170. The van der Waals surface area contributed by atoms with Crippen molar-refractivity contribution >= 4 is 17.5 Å². The number of nitrogens with one attached hydrogen (secondary N) is 1. The highest BCUT2D eigenvalue weighted by Crippen LogP contribution is 2.36. The Kier molecular flexibility index (Phi) is 5.74. The number of nitrogens with zero attached hydrogens (tertiary/aromatic N) is 1. The Hall–Kier alpha value is -3.60. The molecule has 0 aliphatic carbocycles. The van der Waals surface area contributed by atoms with Crippen LogP contribution in [0.3, 0.4) is 0 Å². The predicted octanol–water partition coefficient (Wildman–Crippen LogP) is 4.59. The van der Waals surface area contributed by atoms with Gasteiger partial charge in [-0.2, -0.15) is 0 Å². The smallest absolute Gasteiger partial charge is 0.259 e. The van der Waals surface area contributed by atoms with Crippen LogP contribution in [0.4, 0.5) is 5.69 Å². The highest BCUT2D eigenvalue weighted by atomic mass is 16.5. The molecule has 0 aromatic heterocycles. The van der Waals surface area contributed by atoms with E-state index in [0.717, 1.165) is 27.9 Å². The Labute approximate surface area is 189 Å². The lowest BCUT2D eigenvalue weighted by Gasteiger charge is -2.44. The first-order chi connectivity index (χ1) is 15.3. The van der Waals surface area contributed by atoms with Crippen LogP contribution in [0, 0.1) is 13.8 Å². The molecule has 4 rings (SSSR count). The van der Waals surface area contributed by atoms with Crippen molar-refractivity contribution in [3.05, 3.63) is 94.5 Å². The zero-order chi connectivity index (χ0) is 22.9. The fourth-order valence-electron chi connectivity index (χ4n) is 4.56.